The molecule has 140 valence electrons. The van der Waals surface area contributed by atoms with Crippen LogP contribution in [-0.2, 0) is 16.9 Å². The normalized spacial score (nSPS) is 18.2. The van der Waals surface area contributed by atoms with Crippen molar-refractivity contribution in [2.75, 3.05) is 10.6 Å². The second-order valence-corrected chi connectivity index (χ2v) is 6.98. The predicted molar refractivity (Wildman–Crippen MR) is 108 cm³/mol. The van der Waals surface area contributed by atoms with Crippen LogP contribution in [0.4, 0.5) is 11.4 Å². The Kier molecular flexibility index (Phi) is 4.45. The summed E-state index contributed by atoms with van der Waals surface area (Å²) in [5.74, 6) is -0.798. The van der Waals surface area contributed by atoms with Crippen molar-refractivity contribution in [3.63, 3.8) is 0 Å². The molecule has 5 nitrogen and oxygen atoms in total. The van der Waals surface area contributed by atoms with Gasteiger partial charge in [-0.05, 0) is 35.9 Å². The van der Waals surface area contributed by atoms with Crippen molar-refractivity contribution in [2.24, 2.45) is 0 Å². The summed E-state index contributed by atoms with van der Waals surface area (Å²) < 4.78 is 0. The first-order valence-corrected chi connectivity index (χ1v) is 9.05. The second-order valence-electron chi connectivity index (χ2n) is 6.98. The van der Waals surface area contributed by atoms with Crippen LogP contribution in [0, 0.1) is 0 Å². The summed E-state index contributed by atoms with van der Waals surface area (Å²) in [6.45, 7) is 0.328. The lowest BCUT2D eigenvalue weighted by molar-refractivity contribution is -0.136. The number of hydrogen-bond donors (Lipinski definition) is 2. The summed E-state index contributed by atoms with van der Waals surface area (Å²) in [4.78, 5) is 27.5. The molecule has 1 amide bonds. The first-order chi connectivity index (χ1) is 13.5. The number of fused-ring (bicyclic) bond motifs is 1. The highest BCUT2D eigenvalue weighted by atomic mass is 16.3. The first-order valence-electron chi connectivity index (χ1n) is 9.05. The monoisotopic (exact) mass is 372 g/mol. The van der Waals surface area contributed by atoms with Crippen molar-refractivity contribution in [3.05, 3.63) is 95.6 Å². The molecule has 1 heterocycles. The van der Waals surface area contributed by atoms with E-state index >= 15 is 0 Å². The van der Waals surface area contributed by atoms with Gasteiger partial charge in [0.05, 0.1) is 18.7 Å². The molecule has 0 radical (unpaired) electrons. The van der Waals surface area contributed by atoms with Crippen LogP contribution >= 0.6 is 0 Å². The molecule has 0 fully saturated rings. The highest BCUT2D eigenvalue weighted by molar-refractivity contribution is 6.10. The minimum absolute atomic E-state index is 0.313. The number of nitrogens with two attached hydrogens (primary N) is 1. The van der Waals surface area contributed by atoms with Crippen LogP contribution in [0.1, 0.15) is 27.9 Å². The van der Waals surface area contributed by atoms with Crippen molar-refractivity contribution in [3.8, 4) is 0 Å². The maximum absolute atomic E-state index is 13.2. The van der Waals surface area contributed by atoms with Gasteiger partial charge in [0.15, 0.2) is 11.4 Å². The average molecular weight is 372 g/mol. The van der Waals surface area contributed by atoms with E-state index in [1.807, 2.05) is 36.4 Å². The Bertz CT molecular complexity index is 1030. The van der Waals surface area contributed by atoms with Gasteiger partial charge in [-0.3, -0.25) is 9.59 Å². The minimum Gasteiger partial charge on any atom is -0.399 e. The average Bonchev–Trinajstić information content (AvgIpc) is 2.91. The summed E-state index contributed by atoms with van der Waals surface area (Å²) in [6.07, 6.45) is -0.321. The van der Waals surface area contributed by atoms with E-state index in [0.29, 0.717) is 29.0 Å². The van der Waals surface area contributed by atoms with E-state index in [4.69, 9.17) is 5.73 Å². The quantitative estimate of drug-likeness (QED) is 0.532. The number of rotatable bonds is 5. The molecule has 0 saturated carbocycles. The third kappa shape index (κ3) is 3.06. The van der Waals surface area contributed by atoms with E-state index in [1.54, 1.807) is 47.4 Å². The number of hydrogen-bond acceptors (Lipinski definition) is 4. The number of nitrogen functional groups attached to an aromatic ring is 1. The van der Waals surface area contributed by atoms with Crippen LogP contribution in [0.2, 0.25) is 0 Å². The second kappa shape index (κ2) is 6.94. The van der Waals surface area contributed by atoms with Gasteiger partial charge in [0, 0.05) is 16.8 Å². The number of para-hydroxylation sites is 1. The summed E-state index contributed by atoms with van der Waals surface area (Å²) in [5.41, 5.74) is 6.78. The number of nitrogens with zero attached hydrogens (tertiary/aromatic N) is 1. The standard InChI is InChI=1S/C23H20N2O3/c24-18-12-10-17(11-13-18)21(26)14-23(28)19-8-4-5-9-20(19)25(22(23)27)15-16-6-2-1-3-7-16/h1-13,28H,14-15,24H2. The molecule has 1 aliphatic rings. The van der Waals surface area contributed by atoms with Crippen molar-refractivity contribution in [1.29, 1.82) is 0 Å². The van der Waals surface area contributed by atoms with Gasteiger partial charge in [-0.1, -0.05) is 48.5 Å². The van der Waals surface area contributed by atoms with Gasteiger partial charge in [-0.2, -0.15) is 0 Å². The molecule has 0 aromatic heterocycles. The lowest BCUT2D eigenvalue weighted by atomic mass is 9.88. The van der Waals surface area contributed by atoms with Crippen LogP contribution in [0.25, 0.3) is 0 Å². The number of amides is 1. The molecule has 0 bridgehead atoms. The molecule has 0 spiro atoms. The molecule has 1 aliphatic heterocycles. The van der Waals surface area contributed by atoms with Crippen LogP contribution in [0.5, 0.6) is 0 Å². The smallest absolute Gasteiger partial charge is 0.264 e. The SMILES string of the molecule is Nc1ccc(C(=O)CC2(O)C(=O)N(Cc3ccccc3)c3ccccc32)cc1. The number of carbonyl (C=O) groups excluding carboxylic acids is 2. The van der Waals surface area contributed by atoms with Gasteiger partial charge in [0.1, 0.15) is 0 Å². The number of aliphatic hydroxyl groups is 1. The highest BCUT2D eigenvalue weighted by Gasteiger charge is 2.50. The molecule has 3 aromatic rings. The zero-order valence-electron chi connectivity index (χ0n) is 15.2. The lowest BCUT2D eigenvalue weighted by Gasteiger charge is -2.23. The first kappa shape index (κ1) is 17.9. The third-order valence-electron chi connectivity index (χ3n) is 5.07. The molecule has 1 unspecified atom stereocenters. The Morgan fingerprint density at radius 2 is 1.57 bits per heavy atom. The largest absolute Gasteiger partial charge is 0.399 e. The van der Waals surface area contributed by atoms with Crippen molar-refractivity contribution in [2.45, 2.75) is 18.6 Å². The van der Waals surface area contributed by atoms with Crippen molar-refractivity contribution >= 4 is 23.1 Å². The molecule has 4 rings (SSSR count). The van der Waals surface area contributed by atoms with Crippen LogP contribution in [0.15, 0.2) is 78.9 Å². The minimum atomic E-state index is -1.89. The van der Waals surface area contributed by atoms with Gasteiger partial charge in [0.25, 0.3) is 5.91 Å². The Morgan fingerprint density at radius 1 is 0.929 bits per heavy atom. The van der Waals surface area contributed by atoms with Gasteiger partial charge in [-0.15, -0.1) is 0 Å². The summed E-state index contributed by atoms with van der Waals surface area (Å²) in [6, 6.07) is 23.1. The van der Waals surface area contributed by atoms with E-state index < -0.39 is 11.5 Å². The van der Waals surface area contributed by atoms with E-state index in [2.05, 4.69) is 0 Å². The van der Waals surface area contributed by atoms with Gasteiger partial charge < -0.3 is 15.7 Å². The molecule has 0 saturated heterocycles. The molecule has 0 aliphatic carbocycles. The number of Topliss-reactive ketones (excluding diaryl/α,β-unsaturated/α-hetero) is 1. The number of anilines is 2. The van der Waals surface area contributed by atoms with Gasteiger partial charge in [0.2, 0.25) is 0 Å². The topological polar surface area (TPSA) is 83.6 Å². The molecular weight excluding hydrogens is 352 g/mol. The Balaban J connectivity index is 1.67. The maximum Gasteiger partial charge on any atom is 0.264 e. The zero-order chi connectivity index (χ0) is 19.7. The van der Waals surface area contributed by atoms with Crippen LogP contribution in [-0.4, -0.2) is 16.8 Å². The Hall–Kier alpha value is -3.44. The molecule has 1 atom stereocenters. The number of benzene rings is 3. The van der Waals surface area contributed by atoms with Crippen LogP contribution in [0.3, 0.4) is 0 Å². The van der Waals surface area contributed by atoms with E-state index in [0.717, 1.165) is 5.56 Å². The molecular formula is C23H20N2O3. The summed E-state index contributed by atoms with van der Waals surface area (Å²) in [7, 11) is 0. The zero-order valence-corrected chi connectivity index (χ0v) is 15.2. The maximum atomic E-state index is 13.2. The van der Waals surface area contributed by atoms with E-state index in [9.17, 15) is 14.7 Å². The number of ketones is 1. The fourth-order valence-electron chi connectivity index (χ4n) is 3.60. The van der Waals surface area contributed by atoms with Crippen molar-refractivity contribution in [1.82, 2.24) is 0 Å². The molecule has 3 N–H and O–H groups in total. The fraction of sp³-hybridized carbons (Fsp3) is 0.130. The van der Waals surface area contributed by atoms with Crippen molar-refractivity contribution < 1.29 is 14.7 Å². The van der Waals surface area contributed by atoms with Gasteiger partial charge in [-0.25, -0.2) is 0 Å². The van der Waals surface area contributed by atoms with E-state index in [-0.39, 0.29) is 12.2 Å². The third-order valence-corrected chi connectivity index (χ3v) is 5.07. The van der Waals surface area contributed by atoms with E-state index in [1.165, 1.54) is 0 Å². The van der Waals surface area contributed by atoms with Crippen LogP contribution < -0.4 is 10.6 Å². The molecule has 28 heavy (non-hydrogen) atoms. The molecule has 3 aromatic carbocycles. The predicted octanol–water partition coefficient (Wildman–Crippen LogP) is 3.28. The number of carbonyl (C=O) groups is 2. The Morgan fingerprint density at radius 3 is 2.29 bits per heavy atom. The Labute approximate surface area is 163 Å². The summed E-state index contributed by atoms with van der Waals surface area (Å²) in [5, 5.41) is 11.3. The fourth-order valence-corrected chi connectivity index (χ4v) is 3.60. The lowest BCUT2D eigenvalue weighted by Crippen LogP contribution is -2.41. The summed E-state index contributed by atoms with van der Waals surface area (Å²) >= 11 is 0. The van der Waals surface area contributed by atoms with Gasteiger partial charge >= 0.3 is 0 Å². The molecule has 5 heteroatoms. The highest BCUT2D eigenvalue weighted by Crippen LogP contribution is 2.43.